The smallest absolute Gasteiger partial charge is 0.118 e. The van der Waals surface area contributed by atoms with E-state index in [1.807, 2.05) is 20.8 Å². The van der Waals surface area contributed by atoms with Gasteiger partial charge in [0.05, 0.1) is 19.5 Å². The summed E-state index contributed by atoms with van der Waals surface area (Å²) in [6, 6.07) is 0. The third-order valence-electron chi connectivity index (χ3n) is 1.33. The topological polar surface area (TPSA) is 27.7 Å². The highest BCUT2D eigenvalue weighted by Crippen LogP contribution is 1.90. The van der Waals surface area contributed by atoms with Gasteiger partial charge >= 0.3 is 0 Å². The molecule has 0 aromatic heterocycles. The van der Waals surface area contributed by atoms with Crippen LogP contribution < -0.4 is 0 Å². The Kier molecular flexibility index (Phi) is 17.4. The Morgan fingerprint density at radius 1 is 1.13 bits per heavy atom. The van der Waals surface area contributed by atoms with Crippen molar-refractivity contribution in [1.82, 2.24) is 0 Å². The third kappa shape index (κ3) is 19.6. The zero-order valence-corrected chi connectivity index (χ0v) is 10.2. The van der Waals surface area contributed by atoms with E-state index in [9.17, 15) is 0 Å². The second-order valence-corrected chi connectivity index (χ2v) is 2.72. The molecule has 1 atom stereocenters. The van der Waals surface area contributed by atoms with E-state index < -0.39 is 0 Å². The Hall–Kier alpha value is -0.800. The quantitative estimate of drug-likeness (QED) is 0.355. The van der Waals surface area contributed by atoms with Gasteiger partial charge in [0, 0.05) is 13.2 Å². The molecule has 0 bridgehead atoms. The second kappa shape index (κ2) is 15.7. The molecule has 0 saturated heterocycles. The molecule has 15 heavy (non-hydrogen) atoms. The molecule has 90 valence electrons. The highest BCUT2D eigenvalue weighted by Gasteiger charge is 1.96. The van der Waals surface area contributed by atoms with Gasteiger partial charge in [-0.1, -0.05) is 12.7 Å². The van der Waals surface area contributed by atoms with Crippen molar-refractivity contribution in [2.75, 3.05) is 26.4 Å². The van der Waals surface area contributed by atoms with Crippen LogP contribution in [0.15, 0.2) is 25.5 Å². The molecule has 0 aromatic carbocycles. The Bertz CT molecular complexity index is 135. The summed E-state index contributed by atoms with van der Waals surface area (Å²) in [5, 5.41) is 0. The second-order valence-electron chi connectivity index (χ2n) is 2.72. The molecule has 1 unspecified atom stereocenters. The highest BCUT2D eigenvalue weighted by molar-refractivity contribution is 4.62. The lowest BCUT2D eigenvalue weighted by molar-refractivity contribution is 0.0428. The van der Waals surface area contributed by atoms with Crippen LogP contribution in [0.1, 0.15) is 20.8 Å². The number of rotatable bonds is 8. The van der Waals surface area contributed by atoms with Crippen molar-refractivity contribution in [3.8, 4) is 0 Å². The fourth-order valence-corrected chi connectivity index (χ4v) is 0.689. The average molecular weight is 216 g/mol. The first-order chi connectivity index (χ1) is 7.22. The summed E-state index contributed by atoms with van der Waals surface area (Å²) in [4.78, 5) is 0. The predicted molar refractivity (Wildman–Crippen MR) is 63.9 cm³/mol. The highest BCUT2D eigenvalue weighted by atomic mass is 16.5. The Morgan fingerprint density at radius 3 is 2.07 bits per heavy atom. The Morgan fingerprint density at radius 2 is 1.73 bits per heavy atom. The molecule has 0 spiro atoms. The third-order valence-corrected chi connectivity index (χ3v) is 1.33. The van der Waals surface area contributed by atoms with Crippen LogP contribution in [-0.2, 0) is 14.2 Å². The standard InChI is InChI=1S/C7H14O2.C5H10O/c1-4-8-6-7(3)9-5-2;1-3-5-6-4-2/h5,7H,2,4,6H2,1,3H3;3H,1,4-5H2,2H3. The maximum Gasteiger partial charge on any atom is 0.118 e. The van der Waals surface area contributed by atoms with E-state index in [1.165, 1.54) is 6.26 Å². The number of hydrogen-bond acceptors (Lipinski definition) is 3. The molecule has 0 aliphatic carbocycles. The van der Waals surface area contributed by atoms with Crippen LogP contribution in [0.2, 0.25) is 0 Å². The van der Waals surface area contributed by atoms with Crippen LogP contribution in [0.4, 0.5) is 0 Å². The minimum Gasteiger partial charge on any atom is -0.497 e. The van der Waals surface area contributed by atoms with Crippen molar-refractivity contribution in [2.24, 2.45) is 0 Å². The van der Waals surface area contributed by atoms with Gasteiger partial charge in [-0.25, -0.2) is 0 Å². The van der Waals surface area contributed by atoms with Crippen molar-refractivity contribution in [1.29, 1.82) is 0 Å². The van der Waals surface area contributed by atoms with Crippen LogP contribution in [0, 0.1) is 0 Å². The van der Waals surface area contributed by atoms with E-state index >= 15 is 0 Å². The van der Waals surface area contributed by atoms with E-state index in [2.05, 4.69) is 13.2 Å². The van der Waals surface area contributed by atoms with E-state index in [0.29, 0.717) is 13.2 Å². The minimum absolute atomic E-state index is 0.127. The van der Waals surface area contributed by atoms with E-state index in [0.717, 1.165) is 13.2 Å². The van der Waals surface area contributed by atoms with Gasteiger partial charge < -0.3 is 14.2 Å². The Labute approximate surface area is 93.7 Å². The molecule has 0 aliphatic heterocycles. The average Bonchev–Trinajstić information content (AvgIpc) is 2.25. The van der Waals surface area contributed by atoms with Crippen molar-refractivity contribution >= 4 is 0 Å². The summed E-state index contributed by atoms with van der Waals surface area (Å²) >= 11 is 0. The van der Waals surface area contributed by atoms with Crippen LogP contribution in [0.5, 0.6) is 0 Å². The van der Waals surface area contributed by atoms with Gasteiger partial charge in [-0.05, 0) is 20.8 Å². The predicted octanol–water partition coefficient (Wildman–Crippen LogP) is 2.78. The monoisotopic (exact) mass is 216 g/mol. The van der Waals surface area contributed by atoms with Crippen molar-refractivity contribution < 1.29 is 14.2 Å². The van der Waals surface area contributed by atoms with E-state index in [4.69, 9.17) is 14.2 Å². The molecule has 0 radical (unpaired) electrons. The van der Waals surface area contributed by atoms with Gasteiger partial charge in [0.2, 0.25) is 0 Å². The van der Waals surface area contributed by atoms with Crippen LogP contribution in [0.25, 0.3) is 0 Å². The lowest BCUT2D eigenvalue weighted by Crippen LogP contribution is -2.12. The molecular formula is C12H24O3. The molecule has 0 fully saturated rings. The summed E-state index contributed by atoms with van der Waals surface area (Å²) in [5.74, 6) is 0. The van der Waals surface area contributed by atoms with Crippen LogP contribution >= 0.6 is 0 Å². The largest absolute Gasteiger partial charge is 0.497 e. The van der Waals surface area contributed by atoms with Crippen molar-refractivity contribution in [3.63, 3.8) is 0 Å². The summed E-state index contributed by atoms with van der Waals surface area (Å²) in [6.07, 6.45) is 3.30. The van der Waals surface area contributed by atoms with Gasteiger partial charge in [0.1, 0.15) is 6.10 Å². The molecule has 3 nitrogen and oxygen atoms in total. The summed E-state index contributed by atoms with van der Waals surface area (Å²) in [5.41, 5.74) is 0. The SMILES string of the molecule is C=CCOCC.C=COC(C)COCC. The molecule has 3 heteroatoms. The first-order valence-electron chi connectivity index (χ1n) is 5.25. The van der Waals surface area contributed by atoms with Crippen molar-refractivity contribution in [2.45, 2.75) is 26.9 Å². The maximum absolute atomic E-state index is 5.08. The van der Waals surface area contributed by atoms with Crippen LogP contribution in [-0.4, -0.2) is 32.5 Å². The normalized spacial score (nSPS) is 10.9. The fraction of sp³-hybridized carbons (Fsp3) is 0.667. The first kappa shape index (κ1) is 16.6. The summed E-state index contributed by atoms with van der Waals surface area (Å²) in [7, 11) is 0. The number of hydrogen-bond donors (Lipinski definition) is 0. The molecule has 0 aromatic rings. The van der Waals surface area contributed by atoms with Gasteiger partial charge in [-0.3, -0.25) is 0 Å². The molecule has 0 N–H and O–H groups in total. The molecular weight excluding hydrogens is 192 g/mol. The van der Waals surface area contributed by atoms with Gasteiger partial charge in [-0.15, -0.1) is 6.58 Å². The Balaban J connectivity index is 0. The van der Waals surface area contributed by atoms with Crippen LogP contribution in [0.3, 0.4) is 0 Å². The zero-order valence-electron chi connectivity index (χ0n) is 10.2. The van der Waals surface area contributed by atoms with E-state index in [1.54, 1.807) is 6.08 Å². The van der Waals surface area contributed by atoms with Gasteiger partial charge in [-0.2, -0.15) is 0 Å². The van der Waals surface area contributed by atoms with Gasteiger partial charge in [0.15, 0.2) is 0 Å². The number of ether oxygens (including phenoxy) is 3. The fourth-order valence-electron chi connectivity index (χ4n) is 0.689. The molecule has 0 aliphatic rings. The van der Waals surface area contributed by atoms with Crippen molar-refractivity contribution in [3.05, 3.63) is 25.5 Å². The zero-order chi connectivity index (χ0) is 11.9. The lowest BCUT2D eigenvalue weighted by Gasteiger charge is -2.09. The van der Waals surface area contributed by atoms with E-state index in [-0.39, 0.29) is 6.10 Å². The molecule has 0 rings (SSSR count). The molecule has 0 amide bonds. The molecule has 0 saturated carbocycles. The summed E-state index contributed by atoms with van der Waals surface area (Å²) < 4.78 is 14.9. The molecule has 0 heterocycles. The summed E-state index contributed by atoms with van der Waals surface area (Å²) in [6.45, 7) is 15.6. The lowest BCUT2D eigenvalue weighted by atomic mass is 10.4. The minimum atomic E-state index is 0.127. The first-order valence-corrected chi connectivity index (χ1v) is 5.25. The maximum atomic E-state index is 5.08. The van der Waals surface area contributed by atoms with Gasteiger partial charge in [0.25, 0.3) is 0 Å².